The number of fused-ring (bicyclic) bond motifs is 1. The van der Waals surface area contributed by atoms with Crippen molar-refractivity contribution in [2.45, 2.75) is 19.3 Å². The Bertz CT molecular complexity index is 1040. The van der Waals surface area contributed by atoms with Crippen LogP contribution >= 0.6 is 0 Å². The minimum atomic E-state index is -0.128. The van der Waals surface area contributed by atoms with Gasteiger partial charge < -0.3 is 19.5 Å². The quantitative estimate of drug-likeness (QED) is 0.705. The fourth-order valence-electron chi connectivity index (χ4n) is 4.11. The van der Waals surface area contributed by atoms with Gasteiger partial charge in [0.2, 0.25) is 5.91 Å². The highest BCUT2D eigenvalue weighted by atomic mass is 16.5. The van der Waals surface area contributed by atoms with Crippen LogP contribution in [-0.4, -0.2) is 59.9 Å². The maximum absolute atomic E-state index is 13.1. The molecule has 6 heteroatoms. The Kier molecular flexibility index (Phi) is 5.74. The third kappa shape index (κ3) is 3.90. The molecular weight excluding hydrogens is 378 g/mol. The summed E-state index contributed by atoms with van der Waals surface area (Å²) >= 11 is 0. The van der Waals surface area contributed by atoms with E-state index in [1.165, 1.54) is 0 Å². The van der Waals surface area contributed by atoms with Gasteiger partial charge in [-0.15, -0.1) is 0 Å². The van der Waals surface area contributed by atoms with Gasteiger partial charge in [-0.05, 0) is 36.2 Å². The number of piperazine rings is 1. The van der Waals surface area contributed by atoms with Crippen molar-refractivity contribution in [3.8, 4) is 5.75 Å². The SMILES string of the molecule is CCC(C(=O)N1CCN(C(=O)c2cc3cc(OC)ccc3[nH]2)CC1)c1ccccc1. The Morgan fingerprint density at radius 1 is 1.00 bits per heavy atom. The summed E-state index contributed by atoms with van der Waals surface area (Å²) in [5.74, 6) is 0.745. The van der Waals surface area contributed by atoms with E-state index < -0.39 is 0 Å². The molecule has 0 radical (unpaired) electrons. The molecule has 156 valence electrons. The van der Waals surface area contributed by atoms with Crippen molar-refractivity contribution in [2.75, 3.05) is 33.3 Å². The van der Waals surface area contributed by atoms with E-state index >= 15 is 0 Å². The predicted molar refractivity (Wildman–Crippen MR) is 117 cm³/mol. The zero-order valence-electron chi connectivity index (χ0n) is 17.4. The summed E-state index contributed by atoms with van der Waals surface area (Å²) in [5, 5.41) is 0.945. The van der Waals surface area contributed by atoms with E-state index in [2.05, 4.69) is 4.98 Å². The monoisotopic (exact) mass is 405 g/mol. The molecule has 2 amide bonds. The number of benzene rings is 2. The van der Waals surface area contributed by atoms with Crippen LogP contribution in [0.25, 0.3) is 10.9 Å². The van der Waals surface area contributed by atoms with Gasteiger partial charge in [0.25, 0.3) is 5.91 Å². The first-order valence-electron chi connectivity index (χ1n) is 10.4. The van der Waals surface area contributed by atoms with E-state index in [0.717, 1.165) is 28.6 Å². The summed E-state index contributed by atoms with van der Waals surface area (Å²) in [4.78, 5) is 32.9. The van der Waals surface area contributed by atoms with Gasteiger partial charge in [0.05, 0.1) is 13.0 Å². The second kappa shape index (κ2) is 8.61. The number of methoxy groups -OCH3 is 1. The molecule has 3 aromatic rings. The van der Waals surface area contributed by atoms with Crippen LogP contribution in [0.15, 0.2) is 54.6 Å². The summed E-state index contributed by atoms with van der Waals surface area (Å²) in [5.41, 5.74) is 2.52. The first-order valence-corrected chi connectivity index (χ1v) is 10.4. The molecule has 0 bridgehead atoms. The number of carbonyl (C=O) groups excluding carboxylic acids is 2. The number of hydrogen-bond donors (Lipinski definition) is 1. The van der Waals surface area contributed by atoms with Crippen LogP contribution in [0.1, 0.15) is 35.3 Å². The zero-order valence-corrected chi connectivity index (χ0v) is 17.4. The lowest BCUT2D eigenvalue weighted by Crippen LogP contribution is -2.51. The second-order valence-corrected chi connectivity index (χ2v) is 7.63. The fraction of sp³-hybridized carbons (Fsp3) is 0.333. The van der Waals surface area contributed by atoms with Crippen molar-refractivity contribution in [3.05, 3.63) is 65.9 Å². The standard InChI is InChI=1S/C24H27N3O3/c1-3-20(17-7-5-4-6-8-17)23(28)26-11-13-27(14-12-26)24(29)22-16-18-15-19(30-2)9-10-21(18)25-22/h4-10,15-16,20,25H,3,11-14H2,1-2H3. The van der Waals surface area contributed by atoms with Gasteiger partial charge >= 0.3 is 0 Å². The van der Waals surface area contributed by atoms with Gasteiger partial charge in [0.15, 0.2) is 0 Å². The van der Waals surface area contributed by atoms with Crippen molar-refractivity contribution in [1.29, 1.82) is 0 Å². The van der Waals surface area contributed by atoms with Crippen molar-refractivity contribution >= 4 is 22.7 Å². The third-order valence-electron chi connectivity index (χ3n) is 5.85. The van der Waals surface area contributed by atoms with E-state index in [1.54, 1.807) is 7.11 Å². The topological polar surface area (TPSA) is 65.6 Å². The lowest BCUT2D eigenvalue weighted by Gasteiger charge is -2.36. The van der Waals surface area contributed by atoms with E-state index in [9.17, 15) is 9.59 Å². The zero-order chi connectivity index (χ0) is 21.1. The van der Waals surface area contributed by atoms with Crippen LogP contribution in [0.2, 0.25) is 0 Å². The minimum absolute atomic E-state index is 0.0348. The molecule has 1 aromatic heterocycles. The summed E-state index contributed by atoms with van der Waals surface area (Å²) in [6, 6.07) is 17.5. The molecule has 1 unspecified atom stereocenters. The van der Waals surface area contributed by atoms with Crippen LogP contribution in [0, 0.1) is 0 Å². The molecule has 30 heavy (non-hydrogen) atoms. The van der Waals surface area contributed by atoms with E-state index in [-0.39, 0.29) is 17.7 Å². The van der Waals surface area contributed by atoms with Gasteiger partial charge in [-0.3, -0.25) is 9.59 Å². The number of nitrogens with one attached hydrogen (secondary N) is 1. The summed E-state index contributed by atoms with van der Waals surface area (Å²) in [6.07, 6.45) is 0.764. The second-order valence-electron chi connectivity index (χ2n) is 7.63. The molecule has 1 fully saturated rings. The molecule has 1 aliphatic rings. The molecule has 1 atom stereocenters. The molecule has 6 nitrogen and oxygen atoms in total. The number of H-pyrrole nitrogens is 1. The Hall–Kier alpha value is -3.28. The molecule has 0 aliphatic carbocycles. The number of aromatic amines is 1. The van der Waals surface area contributed by atoms with Crippen LogP contribution in [0.5, 0.6) is 5.75 Å². The minimum Gasteiger partial charge on any atom is -0.497 e. The van der Waals surface area contributed by atoms with Crippen LogP contribution < -0.4 is 4.74 Å². The first kappa shape index (κ1) is 20.0. The number of nitrogens with zero attached hydrogens (tertiary/aromatic N) is 2. The number of carbonyl (C=O) groups is 2. The molecular formula is C24H27N3O3. The molecule has 1 N–H and O–H groups in total. The Morgan fingerprint density at radius 3 is 2.37 bits per heavy atom. The summed E-state index contributed by atoms with van der Waals surface area (Å²) in [6.45, 7) is 4.23. The van der Waals surface area contributed by atoms with Crippen molar-refractivity contribution in [3.63, 3.8) is 0 Å². The number of amides is 2. The van der Waals surface area contributed by atoms with Crippen LogP contribution in [0.3, 0.4) is 0 Å². The largest absolute Gasteiger partial charge is 0.497 e. The molecule has 1 aliphatic heterocycles. The highest BCUT2D eigenvalue weighted by molar-refractivity contribution is 5.98. The first-order chi connectivity index (χ1) is 14.6. The third-order valence-corrected chi connectivity index (χ3v) is 5.85. The molecule has 0 spiro atoms. The van der Waals surface area contributed by atoms with Crippen LogP contribution in [0.4, 0.5) is 0 Å². The van der Waals surface area contributed by atoms with Gasteiger partial charge in [-0.2, -0.15) is 0 Å². The Morgan fingerprint density at radius 2 is 1.70 bits per heavy atom. The average molecular weight is 405 g/mol. The van der Waals surface area contributed by atoms with Crippen molar-refractivity contribution in [2.24, 2.45) is 0 Å². The van der Waals surface area contributed by atoms with Gasteiger partial charge in [0, 0.05) is 37.1 Å². The maximum Gasteiger partial charge on any atom is 0.270 e. The van der Waals surface area contributed by atoms with E-state index in [1.807, 2.05) is 71.3 Å². The highest BCUT2D eigenvalue weighted by Crippen LogP contribution is 2.24. The predicted octanol–water partition coefficient (Wildman–Crippen LogP) is 3.65. The molecule has 1 saturated heterocycles. The molecule has 0 saturated carbocycles. The maximum atomic E-state index is 13.1. The number of ether oxygens (including phenoxy) is 1. The molecule has 4 rings (SSSR count). The van der Waals surface area contributed by atoms with E-state index in [0.29, 0.717) is 31.9 Å². The van der Waals surface area contributed by atoms with E-state index in [4.69, 9.17) is 4.74 Å². The van der Waals surface area contributed by atoms with Gasteiger partial charge in [-0.1, -0.05) is 37.3 Å². The van der Waals surface area contributed by atoms with Gasteiger partial charge in [0.1, 0.15) is 11.4 Å². The molecule has 2 heterocycles. The average Bonchev–Trinajstić information content (AvgIpc) is 3.23. The van der Waals surface area contributed by atoms with Crippen molar-refractivity contribution < 1.29 is 14.3 Å². The van der Waals surface area contributed by atoms with Gasteiger partial charge in [-0.25, -0.2) is 0 Å². The van der Waals surface area contributed by atoms with Crippen molar-refractivity contribution in [1.82, 2.24) is 14.8 Å². The lowest BCUT2D eigenvalue weighted by atomic mass is 9.95. The smallest absolute Gasteiger partial charge is 0.270 e. The van der Waals surface area contributed by atoms with Crippen LogP contribution in [-0.2, 0) is 4.79 Å². The number of rotatable bonds is 5. The normalized spacial score (nSPS) is 15.3. The Balaban J connectivity index is 1.41. The fourth-order valence-corrected chi connectivity index (χ4v) is 4.11. The highest BCUT2D eigenvalue weighted by Gasteiger charge is 2.29. The Labute approximate surface area is 176 Å². The number of hydrogen-bond acceptors (Lipinski definition) is 3. The lowest BCUT2D eigenvalue weighted by molar-refractivity contribution is -0.134. The summed E-state index contributed by atoms with van der Waals surface area (Å²) < 4.78 is 5.26. The molecule has 2 aromatic carbocycles. The summed E-state index contributed by atoms with van der Waals surface area (Å²) in [7, 11) is 1.63. The number of aromatic nitrogens is 1.